The van der Waals surface area contributed by atoms with Gasteiger partial charge in [-0.25, -0.2) is 0 Å². The fourth-order valence-corrected chi connectivity index (χ4v) is 3.82. The van der Waals surface area contributed by atoms with Crippen molar-refractivity contribution in [2.45, 2.75) is 37.7 Å². The number of methoxy groups -OCH3 is 1. The van der Waals surface area contributed by atoms with Gasteiger partial charge in [0.1, 0.15) is 5.75 Å². The Balaban J connectivity index is 1.66. The third kappa shape index (κ3) is 8.71. The minimum absolute atomic E-state index is 0.281. The Labute approximate surface area is 173 Å². The molecule has 1 fully saturated rings. The van der Waals surface area contributed by atoms with Gasteiger partial charge >= 0.3 is 0 Å². The van der Waals surface area contributed by atoms with Crippen LogP contribution >= 0.6 is 11.8 Å². The first-order chi connectivity index (χ1) is 13.7. The molecule has 0 bridgehead atoms. The van der Waals surface area contributed by atoms with Gasteiger partial charge in [-0.05, 0) is 37.8 Å². The Morgan fingerprint density at radius 1 is 1.36 bits per heavy atom. The summed E-state index contributed by atoms with van der Waals surface area (Å²) in [5, 5.41) is 6.71. The molecule has 158 valence electrons. The van der Waals surface area contributed by atoms with E-state index >= 15 is 0 Å². The largest absolute Gasteiger partial charge is 0.496 e. The van der Waals surface area contributed by atoms with Crippen LogP contribution in [0.4, 0.5) is 0 Å². The summed E-state index contributed by atoms with van der Waals surface area (Å²) in [5.41, 5.74) is 0. The molecule has 0 aromatic heterocycles. The van der Waals surface area contributed by atoms with E-state index in [1.54, 1.807) is 7.11 Å². The normalized spacial score (nSPS) is 18.1. The van der Waals surface area contributed by atoms with E-state index in [-0.39, 0.29) is 6.10 Å². The minimum Gasteiger partial charge on any atom is -0.496 e. The molecule has 7 heteroatoms. The first-order valence-corrected chi connectivity index (χ1v) is 11.2. The quantitative estimate of drug-likeness (QED) is 0.239. The average Bonchev–Trinajstić information content (AvgIpc) is 3.23. The zero-order chi connectivity index (χ0) is 20.0. The maximum absolute atomic E-state index is 5.80. The fraction of sp³-hybridized carbons (Fsp3) is 0.667. The summed E-state index contributed by atoms with van der Waals surface area (Å²) in [5.74, 6) is 3.28. The first kappa shape index (κ1) is 22.8. The van der Waals surface area contributed by atoms with Gasteiger partial charge < -0.3 is 24.8 Å². The molecule has 1 saturated heterocycles. The number of guanidine groups is 1. The molecule has 0 aliphatic carbocycles. The molecule has 1 heterocycles. The molecule has 1 aromatic carbocycles. The highest BCUT2D eigenvalue weighted by Crippen LogP contribution is 2.29. The lowest BCUT2D eigenvalue weighted by atomic mass is 10.2. The predicted octanol–water partition coefficient (Wildman–Crippen LogP) is 3.17. The second kappa shape index (κ2) is 13.7. The summed E-state index contributed by atoms with van der Waals surface area (Å²) >= 11 is 1.82. The molecule has 2 N–H and O–H groups in total. The van der Waals surface area contributed by atoms with E-state index in [0.717, 1.165) is 69.8 Å². The number of aliphatic imine (C=N–C) groups is 1. The molecule has 2 rings (SSSR count). The standard InChI is InChI=1S/C21H35N3O3S/c1-4-22-21(23-11-7-12-27-18-10-13-26-15-18)24-14-17(2)16-28-20-9-6-5-8-19(20)25-3/h5-6,8-9,17-18H,4,7,10-16H2,1-3H3,(H2,22,23,24). The highest BCUT2D eigenvalue weighted by Gasteiger charge is 2.15. The van der Waals surface area contributed by atoms with E-state index in [1.807, 2.05) is 30.0 Å². The minimum atomic E-state index is 0.281. The molecular formula is C21H35N3O3S. The van der Waals surface area contributed by atoms with Crippen LogP contribution in [0.25, 0.3) is 0 Å². The summed E-state index contributed by atoms with van der Waals surface area (Å²) in [6, 6.07) is 8.15. The van der Waals surface area contributed by atoms with Crippen molar-refractivity contribution in [2.75, 3.05) is 52.3 Å². The molecule has 2 atom stereocenters. The van der Waals surface area contributed by atoms with Gasteiger partial charge in [0.2, 0.25) is 0 Å². The molecular weight excluding hydrogens is 374 g/mol. The topological polar surface area (TPSA) is 64.1 Å². The summed E-state index contributed by atoms with van der Waals surface area (Å²) in [4.78, 5) is 5.91. The smallest absolute Gasteiger partial charge is 0.191 e. The SMILES string of the molecule is CCNC(=NCC(C)CSc1ccccc1OC)NCCCOC1CCOC1. The molecule has 1 aliphatic rings. The third-order valence-corrected chi connectivity index (χ3v) is 5.74. The number of rotatable bonds is 12. The van der Waals surface area contributed by atoms with Gasteiger partial charge in [0.05, 0.1) is 19.8 Å². The first-order valence-electron chi connectivity index (χ1n) is 10.2. The Bertz CT molecular complexity index is 580. The molecule has 0 amide bonds. The second-order valence-electron chi connectivity index (χ2n) is 6.92. The second-order valence-corrected chi connectivity index (χ2v) is 7.99. The fourth-order valence-electron chi connectivity index (χ4n) is 2.78. The van der Waals surface area contributed by atoms with Crippen molar-refractivity contribution in [2.24, 2.45) is 10.9 Å². The number of ether oxygens (including phenoxy) is 3. The van der Waals surface area contributed by atoms with E-state index in [2.05, 4.69) is 30.5 Å². The van der Waals surface area contributed by atoms with Crippen molar-refractivity contribution in [3.05, 3.63) is 24.3 Å². The predicted molar refractivity (Wildman–Crippen MR) is 117 cm³/mol. The molecule has 1 aromatic rings. The maximum atomic E-state index is 5.80. The van der Waals surface area contributed by atoms with Gasteiger partial charge in [-0.1, -0.05) is 19.1 Å². The van der Waals surface area contributed by atoms with Crippen molar-refractivity contribution >= 4 is 17.7 Å². The summed E-state index contributed by atoms with van der Waals surface area (Å²) in [7, 11) is 1.72. The van der Waals surface area contributed by atoms with Crippen LogP contribution < -0.4 is 15.4 Å². The van der Waals surface area contributed by atoms with Crippen LogP contribution in [0.5, 0.6) is 5.75 Å². The number of nitrogens with one attached hydrogen (secondary N) is 2. The van der Waals surface area contributed by atoms with Crippen molar-refractivity contribution in [3.63, 3.8) is 0 Å². The lowest BCUT2D eigenvalue weighted by Gasteiger charge is -2.14. The molecule has 2 unspecified atom stereocenters. The lowest BCUT2D eigenvalue weighted by molar-refractivity contribution is 0.0420. The molecule has 0 spiro atoms. The lowest BCUT2D eigenvalue weighted by Crippen LogP contribution is -2.38. The van der Waals surface area contributed by atoms with E-state index in [4.69, 9.17) is 19.2 Å². The van der Waals surface area contributed by atoms with Crippen LogP contribution in [0.3, 0.4) is 0 Å². The highest BCUT2D eigenvalue weighted by molar-refractivity contribution is 7.99. The highest BCUT2D eigenvalue weighted by atomic mass is 32.2. The van der Waals surface area contributed by atoms with Gasteiger partial charge in [0.25, 0.3) is 0 Å². The zero-order valence-corrected chi connectivity index (χ0v) is 18.2. The van der Waals surface area contributed by atoms with Crippen LogP contribution in [0.1, 0.15) is 26.7 Å². The Hall–Kier alpha value is -1.44. The zero-order valence-electron chi connectivity index (χ0n) is 17.4. The number of thioether (sulfide) groups is 1. The van der Waals surface area contributed by atoms with Gasteiger partial charge in [-0.2, -0.15) is 0 Å². The van der Waals surface area contributed by atoms with Crippen molar-refractivity contribution in [1.82, 2.24) is 10.6 Å². The molecule has 0 saturated carbocycles. The number of hydrogen-bond acceptors (Lipinski definition) is 5. The van der Waals surface area contributed by atoms with Gasteiger partial charge in [-0.15, -0.1) is 11.8 Å². The van der Waals surface area contributed by atoms with Crippen molar-refractivity contribution in [3.8, 4) is 5.75 Å². The number of hydrogen-bond donors (Lipinski definition) is 2. The van der Waals surface area contributed by atoms with Crippen LogP contribution in [-0.2, 0) is 9.47 Å². The summed E-state index contributed by atoms with van der Waals surface area (Å²) in [6.07, 6.45) is 2.26. The van der Waals surface area contributed by atoms with Crippen LogP contribution in [-0.4, -0.2) is 64.4 Å². The monoisotopic (exact) mass is 409 g/mol. The Morgan fingerprint density at radius 3 is 2.96 bits per heavy atom. The maximum Gasteiger partial charge on any atom is 0.191 e. The van der Waals surface area contributed by atoms with Gasteiger partial charge in [0, 0.05) is 43.5 Å². The Morgan fingerprint density at radius 2 is 2.21 bits per heavy atom. The molecule has 1 aliphatic heterocycles. The number of benzene rings is 1. The van der Waals surface area contributed by atoms with Gasteiger partial charge in [-0.3, -0.25) is 4.99 Å². The molecule has 0 radical (unpaired) electrons. The Kier molecular flexibility index (Phi) is 11.2. The molecule has 28 heavy (non-hydrogen) atoms. The van der Waals surface area contributed by atoms with E-state index in [9.17, 15) is 0 Å². The van der Waals surface area contributed by atoms with Crippen molar-refractivity contribution in [1.29, 1.82) is 0 Å². The van der Waals surface area contributed by atoms with Crippen LogP contribution in [0.2, 0.25) is 0 Å². The number of para-hydroxylation sites is 1. The third-order valence-electron chi connectivity index (χ3n) is 4.35. The number of nitrogens with zero attached hydrogens (tertiary/aromatic N) is 1. The van der Waals surface area contributed by atoms with Crippen LogP contribution in [0, 0.1) is 5.92 Å². The van der Waals surface area contributed by atoms with E-state index in [0.29, 0.717) is 5.92 Å². The van der Waals surface area contributed by atoms with Gasteiger partial charge in [0.15, 0.2) is 5.96 Å². The van der Waals surface area contributed by atoms with E-state index in [1.165, 1.54) is 4.90 Å². The van der Waals surface area contributed by atoms with Crippen molar-refractivity contribution < 1.29 is 14.2 Å². The van der Waals surface area contributed by atoms with Crippen LogP contribution in [0.15, 0.2) is 34.2 Å². The summed E-state index contributed by atoms with van der Waals surface area (Å²) < 4.78 is 16.5. The summed E-state index contributed by atoms with van der Waals surface area (Å²) in [6.45, 7) is 9.12. The average molecular weight is 410 g/mol. The molecule has 6 nitrogen and oxygen atoms in total. The van der Waals surface area contributed by atoms with E-state index < -0.39 is 0 Å².